The van der Waals surface area contributed by atoms with Gasteiger partial charge in [0.2, 0.25) is 0 Å². The quantitative estimate of drug-likeness (QED) is 0.829. The minimum absolute atomic E-state index is 0.243. The molecule has 0 saturated heterocycles. The van der Waals surface area contributed by atoms with Crippen LogP contribution in [0.4, 0.5) is 10.1 Å². The Kier molecular flexibility index (Phi) is 3.72. The van der Waals surface area contributed by atoms with Crippen molar-refractivity contribution >= 4 is 5.69 Å². The molecule has 0 amide bonds. The maximum absolute atomic E-state index is 12.7. The van der Waals surface area contributed by atoms with Crippen molar-refractivity contribution < 1.29 is 8.91 Å². The Balaban J connectivity index is 2.07. The summed E-state index contributed by atoms with van der Waals surface area (Å²) in [6.07, 6.45) is 2.20. The Morgan fingerprint density at radius 2 is 2.06 bits per heavy atom. The molecule has 0 saturated carbocycles. The van der Waals surface area contributed by atoms with Crippen LogP contribution in [0.25, 0.3) is 0 Å². The third-order valence-electron chi connectivity index (χ3n) is 2.38. The Morgan fingerprint density at radius 3 is 2.76 bits per heavy atom. The molecule has 1 aromatic carbocycles. The maximum atomic E-state index is 12.7. The van der Waals surface area contributed by atoms with E-state index < -0.39 is 0 Å². The number of nitrogens with one attached hydrogen (secondary N) is 1. The molecule has 17 heavy (non-hydrogen) atoms. The van der Waals surface area contributed by atoms with E-state index in [0.717, 1.165) is 17.0 Å². The number of rotatable bonds is 5. The molecular weight excluding hydrogens is 221 g/mol. The number of aromatic nitrogens is 1. The first-order valence-corrected chi connectivity index (χ1v) is 5.41. The fraction of sp³-hybridized carbons (Fsp3) is 0.250. The predicted molar refractivity (Wildman–Crippen MR) is 63.3 cm³/mol. The first-order valence-electron chi connectivity index (χ1n) is 5.41. The SMILES string of the molecule is NCCNc1cnoc1Cc1ccc(F)cc1. The fourth-order valence-electron chi connectivity index (χ4n) is 1.53. The van der Waals surface area contributed by atoms with Crippen LogP contribution in [0, 0.1) is 5.82 Å². The van der Waals surface area contributed by atoms with Crippen LogP contribution in [0.15, 0.2) is 35.0 Å². The fourth-order valence-corrected chi connectivity index (χ4v) is 1.53. The second-order valence-corrected chi connectivity index (χ2v) is 3.68. The van der Waals surface area contributed by atoms with Gasteiger partial charge in [-0.2, -0.15) is 0 Å². The van der Waals surface area contributed by atoms with Gasteiger partial charge >= 0.3 is 0 Å². The Labute approximate surface area is 98.6 Å². The molecule has 0 bridgehead atoms. The number of halogens is 1. The normalized spacial score (nSPS) is 10.5. The number of hydrogen-bond acceptors (Lipinski definition) is 4. The summed E-state index contributed by atoms with van der Waals surface area (Å²) in [5.41, 5.74) is 7.21. The third-order valence-corrected chi connectivity index (χ3v) is 2.38. The van der Waals surface area contributed by atoms with E-state index in [1.165, 1.54) is 12.1 Å². The third kappa shape index (κ3) is 3.04. The number of nitrogens with zero attached hydrogens (tertiary/aromatic N) is 1. The predicted octanol–water partition coefficient (Wildman–Crippen LogP) is 1.78. The van der Waals surface area contributed by atoms with E-state index in [9.17, 15) is 4.39 Å². The summed E-state index contributed by atoms with van der Waals surface area (Å²) in [4.78, 5) is 0. The summed E-state index contributed by atoms with van der Waals surface area (Å²) in [7, 11) is 0. The van der Waals surface area contributed by atoms with Crippen molar-refractivity contribution in [3.05, 3.63) is 47.6 Å². The molecule has 0 spiro atoms. The van der Waals surface area contributed by atoms with Crippen molar-refractivity contribution in [2.75, 3.05) is 18.4 Å². The molecule has 1 heterocycles. The first kappa shape index (κ1) is 11.6. The molecule has 0 aliphatic heterocycles. The average molecular weight is 235 g/mol. The molecule has 5 heteroatoms. The van der Waals surface area contributed by atoms with E-state index in [4.69, 9.17) is 10.3 Å². The minimum Gasteiger partial charge on any atom is -0.380 e. The van der Waals surface area contributed by atoms with Crippen LogP contribution in [0.1, 0.15) is 11.3 Å². The van der Waals surface area contributed by atoms with Crippen molar-refractivity contribution in [1.82, 2.24) is 5.16 Å². The largest absolute Gasteiger partial charge is 0.380 e. The summed E-state index contributed by atoms with van der Waals surface area (Å²) in [5.74, 6) is 0.484. The summed E-state index contributed by atoms with van der Waals surface area (Å²) in [5, 5.41) is 6.86. The molecule has 2 aromatic rings. The number of hydrogen-bond donors (Lipinski definition) is 2. The van der Waals surface area contributed by atoms with Gasteiger partial charge in [-0.3, -0.25) is 0 Å². The van der Waals surface area contributed by atoms with Crippen LogP contribution >= 0.6 is 0 Å². The van der Waals surface area contributed by atoms with Crippen LogP contribution in [-0.4, -0.2) is 18.2 Å². The van der Waals surface area contributed by atoms with E-state index in [0.29, 0.717) is 19.5 Å². The van der Waals surface area contributed by atoms with Gasteiger partial charge in [0.05, 0.1) is 11.9 Å². The lowest BCUT2D eigenvalue weighted by Gasteiger charge is -2.03. The molecule has 0 radical (unpaired) electrons. The lowest BCUT2D eigenvalue weighted by Crippen LogP contribution is -2.13. The highest BCUT2D eigenvalue weighted by Gasteiger charge is 2.08. The first-order chi connectivity index (χ1) is 8.29. The zero-order valence-corrected chi connectivity index (χ0v) is 9.32. The van der Waals surface area contributed by atoms with E-state index in [-0.39, 0.29) is 5.82 Å². The highest BCUT2D eigenvalue weighted by molar-refractivity contribution is 5.46. The van der Waals surface area contributed by atoms with E-state index in [1.807, 2.05) is 0 Å². The molecule has 1 aromatic heterocycles. The monoisotopic (exact) mass is 235 g/mol. The maximum Gasteiger partial charge on any atom is 0.164 e. The van der Waals surface area contributed by atoms with Crippen LogP contribution in [0.3, 0.4) is 0 Å². The van der Waals surface area contributed by atoms with Gasteiger partial charge in [-0.1, -0.05) is 17.3 Å². The van der Waals surface area contributed by atoms with Crippen LogP contribution in [0.5, 0.6) is 0 Å². The lowest BCUT2D eigenvalue weighted by molar-refractivity contribution is 0.390. The second-order valence-electron chi connectivity index (χ2n) is 3.68. The van der Waals surface area contributed by atoms with E-state index >= 15 is 0 Å². The minimum atomic E-state index is -0.243. The average Bonchev–Trinajstić information content (AvgIpc) is 2.77. The lowest BCUT2D eigenvalue weighted by atomic mass is 10.1. The smallest absolute Gasteiger partial charge is 0.164 e. The molecule has 2 rings (SSSR count). The van der Waals surface area contributed by atoms with Gasteiger partial charge < -0.3 is 15.6 Å². The standard InChI is InChI=1S/C12H14FN3O/c13-10-3-1-9(2-4-10)7-12-11(8-16-17-12)15-6-5-14/h1-4,8,15H,5-7,14H2. The topological polar surface area (TPSA) is 64.1 Å². The molecule has 0 aliphatic rings. The number of anilines is 1. The summed E-state index contributed by atoms with van der Waals surface area (Å²) in [6.45, 7) is 1.21. The molecule has 4 nitrogen and oxygen atoms in total. The van der Waals surface area contributed by atoms with Gasteiger partial charge in [-0.05, 0) is 17.7 Å². The van der Waals surface area contributed by atoms with Crippen molar-refractivity contribution in [2.24, 2.45) is 5.73 Å². The van der Waals surface area contributed by atoms with Crippen molar-refractivity contribution in [1.29, 1.82) is 0 Å². The molecule has 90 valence electrons. The van der Waals surface area contributed by atoms with Crippen LogP contribution < -0.4 is 11.1 Å². The van der Waals surface area contributed by atoms with Gasteiger partial charge in [0.25, 0.3) is 0 Å². The van der Waals surface area contributed by atoms with Crippen molar-refractivity contribution in [3.63, 3.8) is 0 Å². The Morgan fingerprint density at radius 1 is 1.29 bits per heavy atom. The van der Waals surface area contributed by atoms with Gasteiger partial charge in [0.15, 0.2) is 5.76 Å². The van der Waals surface area contributed by atoms with Crippen LogP contribution in [0.2, 0.25) is 0 Å². The summed E-state index contributed by atoms with van der Waals surface area (Å²) < 4.78 is 17.9. The van der Waals surface area contributed by atoms with Crippen molar-refractivity contribution in [2.45, 2.75) is 6.42 Å². The summed E-state index contributed by atoms with van der Waals surface area (Å²) >= 11 is 0. The number of benzene rings is 1. The molecule has 0 aliphatic carbocycles. The van der Waals surface area contributed by atoms with Gasteiger partial charge in [0, 0.05) is 19.5 Å². The zero-order valence-electron chi connectivity index (χ0n) is 9.32. The second kappa shape index (κ2) is 5.45. The van der Waals surface area contributed by atoms with Gasteiger partial charge in [-0.15, -0.1) is 0 Å². The Bertz CT molecular complexity index is 467. The molecule has 3 N–H and O–H groups in total. The van der Waals surface area contributed by atoms with Crippen molar-refractivity contribution in [3.8, 4) is 0 Å². The molecule has 0 fully saturated rings. The molecule has 0 unspecified atom stereocenters. The van der Waals surface area contributed by atoms with Gasteiger partial charge in [0.1, 0.15) is 5.82 Å². The summed E-state index contributed by atoms with van der Waals surface area (Å²) in [6, 6.07) is 6.31. The van der Waals surface area contributed by atoms with Crippen LogP contribution in [-0.2, 0) is 6.42 Å². The molecular formula is C12H14FN3O. The Hall–Kier alpha value is -1.88. The zero-order chi connectivity index (χ0) is 12.1. The number of nitrogens with two attached hydrogens (primary N) is 1. The van der Waals surface area contributed by atoms with E-state index in [2.05, 4.69) is 10.5 Å². The van der Waals surface area contributed by atoms with Gasteiger partial charge in [-0.25, -0.2) is 4.39 Å². The van der Waals surface area contributed by atoms with E-state index in [1.54, 1.807) is 18.3 Å². The highest BCUT2D eigenvalue weighted by atomic mass is 19.1. The molecule has 0 atom stereocenters. The highest BCUT2D eigenvalue weighted by Crippen LogP contribution is 2.18.